The van der Waals surface area contributed by atoms with Crippen LogP contribution in [0.1, 0.15) is 32.3 Å². The molecule has 2 amide bonds. The van der Waals surface area contributed by atoms with Crippen molar-refractivity contribution >= 4 is 17.5 Å². The van der Waals surface area contributed by atoms with Gasteiger partial charge in [0.2, 0.25) is 5.91 Å². The Bertz CT molecular complexity index is 555. The normalized spacial score (nSPS) is 26.1. The van der Waals surface area contributed by atoms with Crippen molar-refractivity contribution in [2.75, 3.05) is 11.4 Å². The number of hydrogen-bond donors (Lipinski definition) is 0. The van der Waals surface area contributed by atoms with Crippen molar-refractivity contribution in [3.63, 3.8) is 0 Å². The smallest absolute Gasteiger partial charge is 0.250 e. The highest BCUT2D eigenvalue weighted by molar-refractivity contribution is 6.08. The van der Waals surface area contributed by atoms with E-state index in [1.165, 1.54) is 5.56 Å². The molecule has 0 aliphatic carbocycles. The van der Waals surface area contributed by atoms with Gasteiger partial charge in [0.15, 0.2) is 0 Å². The maximum atomic E-state index is 12.7. The summed E-state index contributed by atoms with van der Waals surface area (Å²) >= 11 is 0. The van der Waals surface area contributed by atoms with Gasteiger partial charge in [-0.15, -0.1) is 0 Å². The zero-order valence-corrected chi connectivity index (χ0v) is 12.0. The highest BCUT2D eigenvalue weighted by atomic mass is 16.2. The molecular weight excluding hydrogens is 252 g/mol. The minimum atomic E-state index is -0.399. The maximum Gasteiger partial charge on any atom is 0.250 e. The molecule has 0 saturated carbocycles. The lowest BCUT2D eigenvalue weighted by Crippen LogP contribution is -2.62. The summed E-state index contributed by atoms with van der Waals surface area (Å²) in [5.74, 6) is 0.150. The number of benzene rings is 1. The van der Waals surface area contributed by atoms with Crippen molar-refractivity contribution in [3.05, 3.63) is 29.8 Å². The second-order valence-electron chi connectivity index (χ2n) is 5.60. The number of carbonyl (C=O) groups is 2. The molecule has 2 saturated heterocycles. The van der Waals surface area contributed by atoms with Crippen LogP contribution >= 0.6 is 0 Å². The molecule has 2 atom stereocenters. The summed E-state index contributed by atoms with van der Waals surface area (Å²) in [6.07, 6.45) is 2.65. The molecule has 4 nitrogen and oxygen atoms in total. The molecule has 0 bridgehead atoms. The molecule has 4 heteroatoms. The lowest BCUT2D eigenvalue weighted by atomic mass is 10.0. The largest absolute Gasteiger partial charge is 0.329 e. The number of aryl methyl sites for hydroxylation is 1. The third-order valence-electron chi connectivity index (χ3n) is 4.40. The number of rotatable bonds is 2. The van der Waals surface area contributed by atoms with E-state index in [-0.39, 0.29) is 17.9 Å². The minimum Gasteiger partial charge on any atom is -0.329 e. The van der Waals surface area contributed by atoms with Crippen LogP contribution in [0.5, 0.6) is 0 Å². The number of anilines is 1. The topological polar surface area (TPSA) is 40.6 Å². The van der Waals surface area contributed by atoms with E-state index in [1.54, 1.807) is 9.80 Å². The lowest BCUT2D eigenvalue weighted by Gasteiger charge is -2.41. The molecule has 3 rings (SSSR count). The first-order valence-electron chi connectivity index (χ1n) is 7.36. The second-order valence-corrected chi connectivity index (χ2v) is 5.60. The molecule has 2 aliphatic heterocycles. The van der Waals surface area contributed by atoms with Crippen LogP contribution in [0.25, 0.3) is 0 Å². The minimum absolute atomic E-state index is 0.0721. The Morgan fingerprint density at radius 3 is 2.80 bits per heavy atom. The van der Waals surface area contributed by atoms with Gasteiger partial charge in [-0.2, -0.15) is 0 Å². The van der Waals surface area contributed by atoms with Gasteiger partial charge in [0.1, 0.15) is 12.1 Å². The first-order chi connectivity index (χ1) is 9.63. The molecule has 0 spiro atoms. The van der Waals surface area contributed by atoms with E-state index >= 15 is 0 Å². The number of carbonyl (C=O) groups excluding carboxylic acids is 2. The third kappa shape index (κ3) is 1.90. The van der Waals surface area contributed by atoms with Gasteiger partial charge in [-0.1, -0.05) is 19.1 Å². The van der Waals surface area contributed by atoms with Crippen molar-refractivity contribution < 1.29 is 9.59 Å². The van der Waals surface area contributed by atoms with Gasteiger partial charge in [-0.25, -0.2) is 0 Å². The van der Waals surface area contributed by atoms with Gasteiger partial charge in [-0.3, -0.25) is 14.5 Å². The molecular formula is C16H20N2O2. The molecule has 2 fully saturated rings. The number of amides is 2. The average Bonchev–Trinajstić information content (AvgIpc) is 2.95. The monoisotopic (exact) mass is 272 g/mol. The molecule has 0 radical (unpaired) electrons. The van der Waals surface area contributed by atoms with E-state index < -0.39 is 6.04 Å². The molecule has 0 N–H and O–H groups in total. The van der Waals surface area contributed by atoms with Crippen molar-refractivity contribution in [2.24, 2.45) is 0 Å². The SMILES string of the molecule is CCc1cccc(N2C(=O)C3CCCN3C(=O)C2C)c1. The van der Waals surface area contributed by atoms with Gasteiger partial charge in [0, 0.05) is 12.2 Å². The van der Waals surface area contributed by atoms with Crippen molar-refractivity contribution in [1.29, 1.82) is 0 Å². The Morgan fingerprint density at radius 2 is 2.05 bits per heavy atom. The Labute approximate surface area is 119 Å². The maximum absolute atomic E-state index is 12.7. The first kappa shape index (κ1) is 13.2. The molecule has 0 aromatic heterocycles. The van der Waals surface area contributed by atoms with Crippen LogP contribution in [0, 0.1) is 0 Å². The summed E-state index contributed by atoms with van der Waals surface area (Å²) in [4.78, 5) is 28.6. The average molecular weight is 272 g/mol. The number of hydrogen-bond acceptors (Lipinski definition) is 2. The highest BCUT2D eigenvalue weighted by Gasteiger charge is 2.46. The fraction of sp³-hybridized carbons (Fsp3) is 0.500. The molecule has 106 valence electrons. The van der Waals surface area contributed by atoms with E-state index in [4.69, 9.17) is 0 Å². The van der Waals surface area contributed by atoms with Crippen LogP contribution in [-0.2, 0) is 16.0 Å². The molecule has 1 aromatic carbocycles. The lowest BCUT2D eigenvalue weighted by molar-refractivity contribution is -0.143. The number of fused-ring (bicyclic) bond motifs is 1. The molecule has 2 aliphatic rings. The quantitative estimate of drug-likeness (QED) is 0.826. The fourth-order valence-corrected chi connectivity index (χ4v) is 3.27. The van der Waals surface area contributed by atoms with Gasteiger partial charge in [0.25, 0.3) is 5.91 Å². The second kappa shape index (κ2) is 4.93. The van der Waals surface area contributed by atoms with Gasteiger partial charge in [0.05, 0.1) is 0 Å². The predicted octanol–water partition coefficient (Wildman–Crippen LogP) is 1.98. The summed E-state index contributed by atoms with van der Waals surface area (Å²) in [6.45, 7) is 4.64. The van der Waals surface area contributed by atoms with Gasteiger partial charge < -0.3 is 4.90 Å². The van der Waals surface area contributed by atoms with Crippen LogP contribution in [0.15, 0.2) is 24.3 Å². The third-order valence-corrected chi connectivity index (χ3v) is 4.40. The molecule has 20 heavy (non-hydrogen) atoms. The summed E-state index contributed by atoms with van der Waals surface area (Å²) < 4.78 is 0. The van der Waals surface area contributed by atoms with E-state index in [1.807, 2.05) is 31.2 Å². The zero-order chi connectivity index (χ0) is 14.3. The van der Waals surface area contributed by atoms with Crippen molar-refractivity contribution in [1.82, 2.24) is 4.90 Å². The Balaban J connectivity index is 1.98. The van der Waals surface area contributed by atoms with Crippen LogP contribution in [-0.4, -0.2) is 35.3 Å². The van der Waals surface area contributed by atoms with Crippen LogP contribution in [0.4, 0.5) is 5.69 Å². The van der Waals surface area contributed by atoms with Crippen LogP contribution < -0.4 is 4.90 Å². The fourth-order valence-electron chi connectivity index (χ4n) is 3.27. The van der Waals surface area contributed by atoms with E-state index in [0.717, 1.165) is 31.5 Å². The first-order valence-corrected chi connectivity index (χ1v) is 7.36. The highest BCUT2D eigenvalue weighted by Crippen LogP contribution is 2.30. The van der Waals surface area contributed by atoms with E-state index in [2.05, 4.69) is 6.92 Å². The predicted molar refractivity (Wildman–Crippen MR) is 77.5 cm³/mol. The van der Waals surface area contributed by atoms with E-state index in [9.17, 15) is 9.59 Å². The van der Waals surface area contributed by atoms with Crippen molar-refractivity contribution in [2.45, 2.75) is 45.2 Å². The summed E-state index contributed by atoms with van der Waals surface area (Å²) in [5, 5.41) is 0. The standard InChI is InChI=1S/C16H20N2O2/c1-3-12-6-4-7-13(10-12)18-11(2)15(19)17-9-5-8-14(17)16(18)20/h4,6-7,10-11,14H,3,5,8-9H2,1-2H3. The molecule has 1 aromatic rings. The summed E-state index contributed by atoms with van der Waals surface area (Å²) in [6, 6.07) is 7.30. The van der Waals surface area contributed by atoms with E-state index in [0.29, 0.717) is 0 Å². The Kier molecular flexibility index (Phi) is 3.24. The molecule has 2 unspecified atom stereocenters. The molecule has 2 heterocycles. The van der Waals surface area contributed by atoms with Crippen molar-refractivity contribution in [3.8, 4) is 0 Å². The van der Waals surface area contributed by atoms with Gasteiger partial charge >= 0.3 is 0 Å². The van der Waals surface area contributed by atoms with Crippen LogP contribution in [0.3, 0.4) is 0 Å². The van der Waals surface area contributed by atoms with Crippen LogP contribution in [0.2, 0.25) is 0 Å². The Morgan fingerprint density at radius 1 is 1.25 bits per heavy atom. The van der Waals surface area contributed by atoms with Gasteiger partial charge in [-0.05, 0) is 43.9 Å². The number of piperazine rings is 1. The zero-order valence-electron chi connectivity index (χ0n) is 12.0. The summed E-state index contributed by atoms with van der Waals surface area (Å²) in [5.41, 5.74) is 2.03. The Hall–Kier alpha value is -1.84. The summed E-state index contributed by atoms with van der Waals surface area (Å²) in [7, 11) is 0. The number of nitrogens with zero attached hydrogens (tertiary/aromatic N) is 2.